The average Bonchev–Trinajstić information content (AvgIpc) is 2.90. The van der Waals surface area contributed by atoms with Gasteiger partial charge in [-0.25, -0.2) is 0 Å². The summed E-state index contributed by atoms with van der Waals surface area (Å²) >= 11 is 1.86. The van der Waals surface area contributed by atoms with Gasteiger partial charge in [0.15, 0.2) is 0 Å². The second-order valence-corrected chi connectivity index (χ2v) is 5.61. The normalized spacial score (nSPS) is 23.8. The Morgan fingerprint density at radius 3 is 3.00 bits per heavy atom. The second kappa shape index (κ2) is 5.30. The summed E-state index contributed by atoms with van der Waals surface area (Å²) in [6.45, 7) is 6.46. The molecule has 2 nitrogen and oxygen atoms in total. The van der Waals surface area contributed by atoms with E-state index >= 15 is 0 Å². The molecule has 0 spiro atoms. The van der Waals surface area contributed by atoms with Gasteiger partial charge >= 0.3 is 0 Å². The van der Waals surface area contributed by atoms with Crippen molar-refractivity contribution in [2.75, 3.05) is 13.1 Å². The largest absolute Gasteiger partial charge is 0.329 e. The van der Waals surface area contributed by atoms with Gasteiger partial charge in [0.25, 0.3) is 0 Å². The van der Waals surface area contributed by atoms with Crippen LogP contribution in [0.1, 0.15) is 42.7 Å². The average molecular weight is 238 g/mol. The van der Waals surface area contributed by atoms with Crippen LogP contribution in [0.2, 0.25) is 0 Å². The zero-order valence-corrected chi connectivity index (χ0v) is 11.1. The molecule has 1 fully saturated rings. The highest BCUT2D eigenvalue weighted by Gasteiger charge is 2.30. The van der Waals surface area contributed by atoms with E-state index in [9.17, 15) is 0 Å². The highest BCUT2D eigenvalue weighted by Crippen LogP contribution is 2.34. The van der Waals surface area contributed by atoms with E-state index in [1.807, 2.05) is 11.3 Å². The van der Waals surface area contributed by atoms with Crippen molar-refractivity contribution in [3.63, 3.8) is 0 Å². The van der Waals surface area contributed by atoms with E-state index in [1.165, 1.54) is 36.2 Å². The third-order valence-electron chi connectivity index (χ3n) is 3.72. The van der Waals surface area contributed by atoms with E-state index in [-0.39, 0.29) is 0 Å². The van der Waals surface area contributed by atoms with Crippen molar-refractivity contribution in [1.29, 1.82) is 0 Å². The first-order chi connectivity index (χ1) is 7.77. The molecule has 1 saturated heterocycles. The van der Waals surface area contributed by atoms with Crippen molar-refractivity contribution in [2.45, 2.75) is 45.2 Å². The van der Waals surface area contributed by atoms with Crippen LogP contribution in [0.25, 0.3) is 0 Å². The molecule has 0 aromatic carbocycles. The highest BCUT2D eigenvalue weighted by molar-refractivity contribution is 7.10. The van der Waals surface area contributed by atoms with Crippen molar-refractivity contribution >= 4 is 11.3 Å². The lowest BCUT2D eigenvalue weighted by molar-refractivity contribution is 0.182. The highest BCUT2D eigenvalue weighted by atomic mass is 32.1. The van der Waals surface area contributed by atoms with Crippen LogP contribution < -0.4 is 5.73 Å². The summed E-state index contributed by atoms with van der Waals surface area (Å²) in [5.74, 6) is 0. The van der Waals surface area contributed by atoms with Crippen LogP contribution in [-0.2, 0) is 0 Å². The fraction of sp³-hybridized carbons (Fsp3) is 0.692. The zero-order chi connectivity index (χ0) is 11.5. The molecule has 1 aliphatic rings. The molecule has 0 radical (unpaired) electrons. The van der Waals surface area contributed by atoms with Gasteiger partial charge in [0, 0.05) is 17.5 Å². The maximum atomic E-state index is 5.99. The molecule has 0 saturated carbocycles. The van der Waals surface area contributed by atoms with Crippen LogP contribution >= 0.6 is 11.3 Å². The lowest BCUT2D eigenvalue weighted by Crippen LogP contribution is -2.37. The molecule has 0 bridgehead atoms. The molecular weight excluding hydrogens is 216 g/mol. The Morgan fingerprint density at radius 1 is 1.62 bits per heavy atom. The Balaban J connectivity index is 2.19. The van der Waals surface area contributed by atoms with Gasteiger partial charge in [-0.3, -0.25) is 4.90 Å². The first kappa shape index (κ1) is 12.1. The molecule has 3 heteroatoms. The van der Waals surface area contributed by atoms with Gasteiger partial charge in [0.1, 0.15) is 0 Å². The molecule has 0 amide bonds. The smallest absolute Gasteiger partial charge is 0.0569 e. The van der Waals surface area contributed by atoms with Crippen molar-refractivity contribution in [3.05, 3.63) is 21.9 Å². The molecule has 0 aliphatic carbocycles. The van der Waals surface area contributed by atoms with Gasteiger partial charge in [0.05, 0.1) is 6.04 Å². The zero-order valence-electron chi connectivity index (χ0n) is 10.3. The number of aryl methyl sites for hydroxylation is 1. The Kier molecular flexibility index (Phi) is 4.00. The van der Waals surface area contributed by atoms with Crippen LogP contribution in [0.5, 0.6) is 0 Å². The lowest BCUT2D eigenvalue weighted by Gasteiger charge is -2.31. The Bertz CT molecular complexity index is 334. The van der Waals surface area contributed by atoms with E-state index in [1.54, 1.807) is 0 Å². The molecule has 2 unspecified atom stereocenters. The van der Waals surface area contributed by atoms with E-state index in [2.05, 4.69) is 30.2 Å². The van der Waals surface area contributed by atoms with Crippen molar-refractivity contribution in [1.82, 2.24) is 4.90 Å². The monoisotopic (exact) mass is 238 g/mol. The van der Waals surface area contributed by atoms with Crippen molar-refractivity contribution in [3.8, 4) is 0 Å². The Labute approximate surface area is 102 Å². The number of hydrogen-bond donors (Lipinski definition) is 1. The summed E-state index contributed by atoms with van der Waals surface area (Å²) < 4.78 is 0. The van der Waals surface area contributed by atoms with Gasteiger partial charge in [-0.15, -0.1) is 11.3 Å². The fourth-order valence-electron chi connectivity index (χ4n) is 2.83. The number of likely N-dealkylation sites (tertiary alicyclic amines) is 1. The van der Waals surface area contributed by atoms with Crippen molar-refractivity contribution in [2.24, 2.45) is 5.73 Å². The predicted molar refractivity (Wildman–Crippen MR) is 70.9 cm³/mol. The summed E-state index contributed by atoms with van der Waals surface area (Å²) in [6.07, 6.45) is 3.93. The SMILES string of the molecule is CCC1CCCN1C(CN)c1sccc1C. The summed E-state index contributed by atoms with van der Waals surface area (Å²) in [6, 6.07) is 3.40. The second-order valence-electron chi connectivity index (χ2n) is 4.66. The summed E-state index contributed by atoms with van der Waals surface area (Å²) in [5.41, 5.74) is 7.40. The molecule has 1 aromatic heterocycles. The first-order valence-electron chi connectivity index (χ1n) is 6.27. The van der Waals surface area contributed by atoms with E-state index in [0.717, 1.165) is 12.6 Å². The number of hydrogen-bond acceptors (Lipinski definition) is 3. The molecule has 1 aliphatic heterocycles. The molecule has 2 N–H and O–H groups in total. The quantitative estimate of drug-likeness (QED) is 0.874. The molecule has 90 valence electrons. The molecule has 2 atom stereocenters. The molecule has 2 heterocycles. The molecule has 2 rings (SSSR count). The number of nitrogens with zero attached hydrogens (tertiary/aromatic N) is 1. The molecule has 1 aromatic rings. The third kappa shape index (κ3) is 2.17. The number of rotatable bonds is 4. The maximum Gasteiger partial charge on any atom is 0.0569 e. The number of thiophene rings is 1. The Hall–Kier alpha value is -0.380. The minimum atomic E-state index is 0.451. The number of nitrogens with two attached hydrogens (primary N) is 1. The van der Waals surface area contributed by atoms with Gasteiger partial charge in [-0.2, -0.15) is 0 Å². The van der Waals surface area contributed by atoms with Crippen LogP contribution in [0.3, 0.4) is 0 Å². The van der Waals surface area contributed by atoms with Crippen LogP contribution in [-0.4, -0.2) is 24.0 Å². The maximum absolute atomic E-state index is 5.99. The molecule has 16 heavy (non-hydrogen) atoms. The fourth-order valence-corrected chi connectivity index (χ4v) is 3.89. The summed E-state index contributed by atoms with van der Waals surface area (Å²) in [7, 11) is 0. The van der Waals surface area contributed by atoms with Crippen molar-refractivity contribution < 1.29 is 0 Å². The van der Waals surface area contributed by atoms with Gasteiger partial charge in [-0.05, 0) is 49.7 Å². The summed E-state index contributed by atoms with van der Waals surface area (Å²) in [4.78, 5) is 4.10. The molecular formula is C13H22N2S. The topological polar surface area (TPSA) is 29.3 Å². The van der Waals surface area contributed by atoms with Crippen LogP contribution in [0, 0.1) is 6.92 Å². The first-order valence-corrected chi connectivity index (χ1v) is 7.15. The van der Waals surface area contributed by atoms with Crippen LogP contribution in [0.15, 0.2) is 11.4 Å². The van der Waals surface area contributed by atoms with E-state index < -0.39 is 0 Å². The minimum Gasteiger partial charge on any atom is -0.329 e. The van der Waals surface area contributed by atoms with Gasteiger partial charge in [-0.1, -0.05) is 6.92 Å². The minimum absolute atomic E-state index is 0.451. The summed E-state index contributed by atoms with van der Waals surface area (Å²) in [5, 5.41) is 2.18. The van der Waals surface area contributed by atoms with E-state index in [0.29, 0.717) is 6.04 Å². The van der Waals surface area contributed by atoms with E-state index in [4.69, 9.17) is 5.73 Å². The predicted octanol–water partition coefficient (Wildman–Crippen LogP) is 2.93. The lowest BCUT2D eigenvalue weighted by atomic mass is 10.1. The van der Waals surface area contributed by atoms with Crippen LogP contribution in [0.4, 0.5) is 0 Å². The van der Waals surface area contributed by atoms with Gasteiger partial charge in [0.2, 0.25) is 0 Å². The third-order valence-corrected chi connectivity index (χ3v) is 4.84. The van der Waals surface area contributed by atoms with Gasteiger partial charge < -0.3 is 5.73 Å². The Morgan fingerprint density at radius 2 is 2.44 bits per heavy atom. The standard InChI is InChI=1S/C13H22N2S/c1-3-11-5-4-7-15(11)12(9-14)13-10(2)6-8-16-13/h6,8,11-12H,3-5,7,9,14H2,1-2H3.